The van der Waals surface area contributed by atoms with E-state index in [0.717, 1.165) is 47.2 Å². The third-order valence-corrected chi connectivity index (χ3v) is 4.92. The summed E-state index contributed by atoms with van der Waals surface area (Å²) in [5.74, 6) is 0.387. The van der Waals surface area contributed by atoms with Crippen LogP contribution in [0.25, 0.3) is 17.0 Å². The van der Waals surface area contributed by atoms with E-state index in [-0.39, 0.29) is 5.82 Å². The van der Waals surface area contributed by atoms with Crippen molar-refractivity contribution in [2.45, 2.75) is 33.1 Å². The van der Waals surface area contributed by atoms with Crippen molar-refractivity contribution in [3.8, 4) is 11.3 Å². The van der Waals surface area contributed by atoms with Gasteiger partial charge < -0.3 is 5.32 Å². The van der Waals surface area contributed by atoms with Crippen molar-refractivity contribution < 1.29 is 4.39 Å². The molecule has 0 amide bonds. The third-order valence-electron chi connectivity index (χ3n) is 4.60. The Morgan fingerprint density at radius 1 is 1.14 bits per heavy atom. The SMILES string of the molecule is C=C(Nc1cc(C)cc(-c2ccccc2Cl)n1)c1cc(F)ccc1CCCC. The van der Waals surface area contributed by atoms with Gasteiger partial charge in [-0.1, -0.05) is 55.8 Å². The maximum atomic E-state index is 13.9. The number of pyridine rings is 1. The molecule has 0 unspecified atom stereocenters. The Morgan fingerprint density at radius 3 is 2.68 bits per heavy atom. The average Bonchev–Trinajstić information content (AvgIpc) is 2.66. The topological polar surface area (TPSA) is 24.9 Å². The van der Waals surface area contributed by atoms with Crippen molar-refractivity contribution in [2.24, 2.45) is 0 Å². The first-order chi connectivity index (χ1) is 13.5. The summed E-state index contributed by atoms with van der Waals surface area (Å²) in [6.07, 6.45) is 3.02. The van der Waals surface area contributed by atoms with Crippen LogP contribution < -0.4 is 5.32 Å². The van der Waals surface area contributed by atoms with Crippen molar-refractivity contribution in [2.75, 3.05) is 5.32 Å². The fourth-order valence-electron chi connectivity index (χ4n) is 3.18. The molecule has 0 aliphatic rings. The molecule has 4 heteroatoms. The molecule has 0 atom stereocenters. The summed E-state index contributed by atoms with van der Waals surface area (Å²) in [5, 5.41) is 3.91. The van der Waals surface area contributed by atoms with Gasteiger partial charge in [-0.3, -0.25) is 0 Å². The molecule has 28 heavy (non-hydrogen) atoms. The molecule has 1 N–H and O–H groups in total. The number of rotatable bonds is 7. The van der Waals surface area contributed by atoms with Crippen LogP contribution in [0.1, 0.15) is 36.5 Å². The molecule has 0 radical (unpaired) electrons. The quantitative estimate of drug-likeness (QED) is 0.455. The Bertz CT molecular complexity index is 998. The van der Waals surface area contributed by atoms with Crippen LogP contribution in [0, 0.1) is 12.7 Å². The molecule has 0 bridgehead atoms. The highest BCUT2D eigenvalue weighted by molar-refractivity contribution is 6.33. The smallest absolute Gasteiger partial charge is 0.131 e. The van der Waals surface area contributed by atoms with Crippen LogP contribution in [0.3, 0.4) is 0 Å². The van der Waals surface area contributed by atoms with E-state index < -0.39 is 0 Å². The third kappa shape index (κ3) is 4.79. The van der Waals surface area contributed by atoms with Gasteiger partial charge in [0.05, 0.1) is 5.69 Å². The standard InChI is InChI=1S/C24H24ClFN2/c1-4-5-8-18-11-12-19(26)15-21(18)17(3)27-24-14-16(2)13-23(28-24)20-9-6-7-10-22(20)25/h6-7,9-15H,3-5,8H2,1-2H3,(H,27,28). The lowest BCUT2D eigenvalue weighted by Gasteiger charge is -2.15. The van der Waals surface area contributed by atoms with Gasteiger partial charge in [-0.2, -0.15) is 0 Å². The number of aryl methyl sites for hydroxylation is 2. The zero-order chi connectivity index (χ0) is 20.1. The highest BCUT2D eigenvalue weighted by Gasteiger charge is 2.11. The van der Waals surface area contributed by atoms with Gasteiger partial charge in [-0.15, -0.1) is 0 Å². The van der Waals surface area contributed by atoms with E-state index in [1.807, 2.05) is 49.4 Å². The molecule has 1 aromatic heterocycles. The van der Waals surface area contributed by atoms with E-state index in [4.69, 9.17) is 16.6 Å². The van der Waals surface area contributed by atoms with Crippen molar-refractivity contribution in [3.63, 3.8) is 0 Å². The van der Waals surface area contributed by atoms with Gasteiger partial charge >= 0.3 is 0 Å². The lowest BCUT2D eigenvalue weighted by Crippen LogP contribution is -2.04. The molecule has 0 spiro atoms. The minimum absolute atomic E-state index is 0.271. The molecule has 3 rings (SSSR count). The van der Waals surface area contributed by atoms with Gasteiger partial charge in [0, 0.05) is 21.8 Å². The fourth-order valence-corrected chi connectivity index (χ4v) is 3.41. The predicted molar refractivity (Wildman–Crippen MR) is 117 cm³/mol. The van der Waals surface area contributed by atoms with Crippen molar-refractivity contribution >= 4 is 23.1 Å². The Hall–Kier alpha value is -2.65. The van der Waals surface area contributed by atoms with Crippen molar-refractivity contribution in [1.82, 2.24) is 4.98 Å². The zero-order valence-electron chi connectivity index (χ0n) is 16.2. The van der Waals surface area contributed by atoms with Gasteiger partial charge in [0.25, 0.3) is 0 Å². The molecular formula is C24H24ClFN2. The molecule has 3 aromatic rings. The second-order valence-electron chi connectivity index (χ2n) is 6.90. The number of anilines is 1. The first kappa shape index (κ1) is 20.1. The van der Waals surface area contributed by atoms with Gasteiger partial charge in [0.15, 0.2) is 0 Å². The van der Waals surface area contributed by atoms with Gasteiger partial charge in [-0.05, 0) is 61.2 Å². The van der Waals surface area contributed by atoms with E-state index in [1.165, 1.54) is 12.1 Å². The summed E-state index contributed by atoms with van der Waals surface area (Å²) >= 11 is 6.33. The molecule has 2 aromatic carbocycles. The maximum Gasteiger partial charge on any atom is 0.131 e. The molecular weight excluding hydrogens is 371 g/mol. The van der Waals surface area contributed by atoms with Crippen LogP contribution in [-0.2, 0) is 6.42 Å². The predicted octanol–water partition coefficient (Wildman–Crippen LogP) is 7.27. The first-order valence-electron chi connectivity index (χ1n) is 9.46. The van der Waals surface area contributed by atoms with E-state index in [2.05, 4.69) is 18.8 Å². The van der Waals surface area contributed by atoms with Crippen LogP contribution in [0.2, 0.25) is 5.02 Å². The van der Waals surface area contributed by atoms with Crippen LogP contribution in [0.5, 0.6) is 0 Å². The summed E-state index contributed by atoms with van der Waals surface area (Å²) < 4.78 is 13.9. The number of benzene rings is 2. The molecule has 0 fully saturated rings. The zero-order valence-corrected chi connectivity index (χ0v) is 17.0. The number of nitrogens with one attached hydrogen (secondary N) is 1. The lowest BCUT2D eigenvalue weighted by molar-refractivity contribution is 0.626. The summed E-state index contributed by atoms with van der Waals surface area (Å²) in [5.41, 5.74) is 5.21. The van der Waals surface area contributed by atoms with Gasteiger partial charge in [-0.25, -0.2) is 9.37 Å². The minimum Gasteiger partial charge on any atom is -0.340 e. The highest BCUT2D eigenvalue weighted by Crippen LogP contribution is 2.29. The van der Waals surface area contributed by atoms with Crippen molar-refractivity contribution in [3.05, 3.63) is 88.7 Å². The van der Waals surface area contributed by atoms with E-state index >= 15 is 0 Å². The lowest BCUT2D eigenvalue weighted by atomic mass is 10.00. The number of aromatic nitrogens is 1. The van der Waals surface area contributed by atoms with Gasteiger partial charge in [0.2, 0.25) is 0 Å². The summed E-state index contributed by atoms with van der Waals surface area (Å²) in [6, 6.07) is 16.4. The van der Waals surface area contributed by atoms with Crippen molar-refractivity contribution in [1.29, 1.82) is 0 Å². The Labute approximate surface area is 171 Å². The number of unbranched alkanes of at least 4 members (excludes halogenated alkanes) is 1. The number of halogens is 2. The highest BCUT2D eigenvalue weighted by atomic mass is 35.5. The number of nitrogens with zero attached hydrogens (tertiary/aromatic N) is 1. The normalized spacial score (nSPS) is 10.7. The van der Waals surface area contributed by atoms with E-state index in [0.29, 0.717) is 16.5 Å². The molecule has 1 heterocycles. The Kier molecular flexibility index (Phi) is 6.48. The number of hydrogen-bond acceptors (Lipinski definition) is 2. The van der Waals surface area contributed by atoms with Crippen LogP contribution in [0.4, 0.5) is 10.2 Å². The summed E-state index contributed by atoms with van der Waals surface area (Å²) in [4.78, 5) is 4.69. The maximum absolute atomic E-state index is 13.9. The van der Waals surface area contributed by atoms with E-state index in [9.17, 15) is 4.39 Å². The second-order valence-corrected chi connectivity index (χ2v) is 7.31. The molecule has 0 saturated carbocycles. The summed E-state index contributed by atoms with van der Waals surface area (Å²) in [7, 11) is 0. The van der Waals surface area contributed by atoms with Crippen LogP contribution in [-0.4, -0.2) is 4.98 Å². The largest absolute Gasteiger partial charge is 0.340 e. The molecule has 2 nitrogen and oxygen atoms in total. The monoisotopic (exact) mass is 394 g/mol. The van der Waals surface area contributed by atoms with Crippen LogP contribution >= 0.6 is 11.6 Å². The van der Waals surface area contributed by atoms with E-state index in [1.54, 1.807) is 0 Å². The molecule has 0 aliphatic carbocycles. The minimum atomic E-state index is -0.271. The molecule has 0 aliphatic heterocycles. The molecule has 0 saturated heterocycles. The fraction of sp³-hybridized carbons (Fsp3) is 0.208. The van der Waals surface area contributed by atoms with Crippen LogP contribution in [0.15, 0.2) is 61.2 Å². The Morgan fingerprint density at radius 2 is 1.93 bits per heavy atom. The number of hydrogen-bond donors (Lipinski definition) is 1. The summed E-state index contributed by atoms with van der Waals surface area (Å²) in [6.45, 7) is 8.28. The first-order valence-corrected chi connectivity index (χ1v) is 9.84. The Balaban J connectivity index is 1.91. The molecule has 144 valence electrons. The second kappa shape index (κ2) is 9.03. The van der Waals surface area contributed by atoms with Gasteiger partial charge in [0.1, 0.15) is 11.6 Å². The average molecular weight is 395 g/mol.